The highest BCUT2D eigenvalue weighted by Gasteiger charge is 2.04. The van der Waals surface area contributed by atoms with Crippen molar-refractivity contribution in [1.82, 2.24) is 0 Å². The molecule has 0 amide bonds. The third-order valence-electron chi connectivity index (χ3n) is 2.34. The van der Waals surface area contributed by atoms with E-state index in [0.717, 1.165) is 11.1 Å². The first-order valence-corrected chi connectivity index (χ1v) is 5.05. The van der Waals surface area contributed by atoms with Crippen molar-refractivity contribution < 1.29 is 9.90 Å². The first-order chi connectivity index (χ1) is 7.67. The van der Waals surface area contributed by atoms with Crippen molar-refractivity contribution >= 4 is 11.5 Å². The van der Waals surface area contributed by atoms with Gasteiger partial charge in [0.15, 0.2) is 0 Å². The standard InChI is InChI=1S/C13H13NO2/c1-2-11(7-8-13(15)16)12-5-3-10(9-14)4-6-12/h2-6H,7-8H2,1H3,(H,15,16)/b11-2-. The quantitative estimate of drug-likeness (QED) is 0.840. The zero-order valence-electron chi connectivity index (χ0n) is 9.10. The SMILES string of the molecule is C/C=C(/CCC(=O)O)c1ccc(C#N)cc1. The Morgan fingerprint density at radius 2 is 2.00 bits per heavy atom. The zero-order chi connectivity index (χ0) is 12.0. The fraction of sp³-hybridized carbons (Fsp3) is 0.231. The number of nitrogens with zero attached hydrogens (tertiary/aromatic N) is 1. The summed E-state index contributed by atoms with van der Waals surface area (Å²) in [6, 6.07) is 9.21. The average molecular weight is 215 g/mol. The van der Waals surface area contributed by atoms with E-state index in [1.54, 1.807) is 12.1 Å². The minimum absolute atomic E-state index is 0.125. The van der Waals surface area contributed by atoms with Gasteiger partial charge in [0.05, 0.1) is 11.6 Å². The lowest BCUT2D eigenvalue weighted by molar-refractivity contribution is -0.136. The summed E-state index contributed by atoms with van der Waals surface area (Å²) in [5.41, 5.74) is 2.58. The number of benzene rings is 1. The summed E-state index contributed by atoms with van der Waals surface area (Å²) in [5, 5.41) is 17.3. The Morgan fingerprint density at radius 3 is 2.44 bits per heavy atom. The lowest BCUT2D eigenvalue weighted by atomic mass is 10.00. The molecule has 0 bridgehead atoms. The Hall–Kier alpha value is -2.08. The smallest absolute Gasteiger partial charge is 0.303 e. The van der Waals surface area contributed by atoms with E-state index >= 15 is 0 Å². The van der Waals surface area contributed by atoms with Gasteiger partial charge in [-0.05, 0) is 36.6 Å². The second kappa shape index (κ2) is 5.72. The molecule has 0 heterocycles. The number of carboxylic acids is 1. The minimum Gasteiger partial charge on any atom is -0.481 e. The number of carbonyl (C=O) groups is 1. The van der Waals surface area contributed by atoms with Crippen LogP contribution in [0.5, 0.6) is 0 Å². The molecule has 0 atom stereocenters. The topological polar surface area (TPSA) is 61.1 Å². The van der Waals surface area contributed by atoms with Gasteiger partial charge < -0.3 is 5.11 Å². The molecule has 1 N–H and O–H groups in total. The monoisotopic (exact) mass is 215 g/mol. The van der Waals surface area contributed by atoms with Crippen LogP contribution in [0.15, 0.2) is 30.3 Å². The van der Waals surface area contributed by atoms with Crippen LogP contribution in [0.1, 0.15) is 30.9 Å². The molecule has 0 spiro atoms. The van der Waals surface area contributed by atoms with E-state index in [2.05, 4.69) is 0 Å². The van der Waals surface area contributed by atoms with Gasteiger partial charge >= 0.3 is 5.97 Å². The van der Waals surface area contributed by atoms with Gasteiger partial charge in [-0.25, -0.2) is 0 Å². The van der Waals surface area contributed by atoms with Crippen molar-refractivity contribution in [2.45, 2.75) is 19.8 Å². The highest BCUT2D eigenvalue weighted by molar-refractivity contribution is 5.73. The molecule has 0 aliphatic rings. The molecule has 1 aromatic carbocycles. The summed E-state index contributed by atoms with van der Waals surface area (Å²) in [5.74, 6) is -0.798. The molecule has 0 unspecified atom stereocenters. The Bertz CT molecular complexity index is 438. The number of nitriles is 1. The Balaban J connectivity index is 2.80. The predicted octanol–water partition coefficient (Wildman–Crippen LogP) is 2.83. The summed E-state index contributed by atoms with van der Waals surface area (Å²) in [6.07, 6.45) is 2.54. The second-order valence-corrected chi connectivity index (χ2v) is 3.40. The van der Waals surface area contributed by atoms with Gasteiger partial charge in [0.1, 0.15) is 0 Å². The van der Waals surface area contributed by atoms with E-state index in [1.807, 2.05) is 31.2 Å². The van der Waals surface area contributed by atoms with Crippen LogP contribution < -0.4 is 0 Å². The van der Waals surface area contributed by atoms with Crippen molar-refractivity contribution in [3.05, 3.63) is 41.5 Å². The fourth-order valence-electron chi connectivity index (χ4n) is 1.46. The summed E-state index contributed by atoms with van der Waals surface area (Å²) >= 11 is 0. The molecule has 0 saturated carbocycles. The number of hydrogen-bond acceptors (Lipinski definition) is 2. The van der Waals surface area contributed by atoms with Crippen LogP contribution >= 0.6 is 0 Å². The van der Waals surface area contributed by atoms with Crippen LogP contribution in [0.3, 0.4) is 0 Å². The number of allylic oxidation sites excluding steroid dienone is 2. The van der Waals surface area contributed by atoms with E-state index in [0.29, 0.717) is 12.0 Å². The van der Waals surface area contributed by atoms with E-state index in [9.17, 15) is 4.79 Å². The number of rotatable bonds is 4. The van der Waals surface area contributed by atoms with Crippen LogP contribution in [0.4, 0.5) is 0 Å². The highest BCUT2D eigenvalue weighted by atomic mass is 16.4. The van der Waals surface area contributed by atoms with Gasteiger partial charge in [0.2, 0.25) is 0 Å². The van der Waals surface area contributed by atoms with Crippen molar-refractivity contribution in [2.75, 3.05) is 0 Å². The molecular weight excluding hydrogens is 202 g/mol. The molecule has 16 heavy (non-hydrogen) atoms. The lowest BCUT2D eigenvalue weighted by Crippen LogP contribution is -1.95. The largest absolute Gasteiger partial charge is 0.481 e. The van der Waals surface area contributed by atoms with Gasteiger partial charge in [0.25, 0.3) is 0 Å². The molecule has 1 aromatic rings. The van der Waals surface area contributed by atoms with Crippen molar-refractivity contribution in [2.24, 2.45) is 0 Å². The van der Waals surface area contributed by atoms with Crippen LogP contribution in [0, 0.1) is 11.3 Å². The van der Waals surface area contributed by atoms with Crippen LogP contribution in [-0.4, -0.2) is 11.1 Å². The number of carboxylic acid groups (broad SMARTS) is 1. The third kappa shape index (κ3) is 3.25. The summed E-state index contributed by atoms with van der Waals surface area (Å²) < 4.78 is 0. The van der Waals surface area contributed by atoms with Crippen molar-refractivity contribution in [3.8, 4) is 6.07 Å². The maximum Gasteiger partial charge on any atom is 0.303 e. The maximum atomic E-state index is 10.5. The minimum atomic E-state index is -0.798. The van der Waals surface area contributed by atoms with E-state index in [4.69, 9.17) is 10.4 Å². The lowest BCUT2D eigenvalue weighted by Gasteiger charge is -2.05. The molecule has 0 aromatic heterocycles. The zero-order valence-corrected chi connectivity index (χ0v) is 9.10. The maximum absolute atomic E-state index is 10.5. The van der Waals surface area contributed by atoms with Crippen LogP contribution in [0.2, 0.25) is 0 Å². The van der Waals surface area contributed by atoms with E-state index in [1.165, 1.54) is 0 Å². The van der Waals surface area contributed by atoms with Gasteiger partial charge in [-0.1, -0.05) is 18.2 Å². The van der Waals surface area contributed by atoms with Gasteiger partial charge in [0, 0.05) is 6.42 Å². The molecule has 82 valence electrons. The summed E-state index contributed by atoms with van der Waals surface area (Å²) in [6.45, 7) is 1.88. The van der Waals surface area contributed by atoms with E-state index < -0.39 is 5.97 Å². The Morgan fingerprint density at radius 1 is 1.38 bits per heavy atom. The molecule has 0 aliphatic carbocycles. The fourth-order valence-corrected chi connectivity index (χ4v) is 1.46. The molecule has 1 rings (SSSR count). The van der Waals surface area contributed by atoms with Crippen molar-refractivity contribution in [3.63, 3.8) is 0 Å². The number of aliphatic carboxylic acids is 1. The summed E-state index contributed by atoms with van der Waals surface area (Å²) in [4.78, 5) is 10.5. The third-order valence-corrected chi connectivity index (χ3v) is 2.34. The molecule has 0 fully saturated rings. The summed E-state index contributed by atoms with van der Waals surface area (Å²) in [7, 11) is 0. The second-order valence-electron chi connectivity index (χ2n) is 3.40. The molecule has 3 heteroatoms. The first-order valence-electron chi connectivity index (χ1n) is 5.05. The molecule has 3 nitrogen and oxygen atoms in total. The van der Waals surface area contributed by atoms with Crippen molar-refractivity contribution in [1.29, 1.82) is 5.26 Å². The first kappa shape index (κ1) is 12.0. The Kier molecular flexibility index (Phi) is 4.28. The normalized spacial score (nSPS) is 10.9. The van der Waals surface area contributed by atoms with Gasteiger partial charge in [-0.3, -0.25) is 4.79 Å². The molecule has 0 radical (unpaired) electrons. The highest BCUT2D eigenvalue weighted by Crippen LogP contribution is 2.20. The van der Waals surface area contributed by atoms with Crippen LogP contribution in [0.25, 0.3) is 5.57 Å². The average Bonchev–Trinajstić information content (AvgIpc) is 2.30. The Labute approximate surface area is 94.6 Å². The molecular formula is C13H13NO2. The predicted molar refractivity (Wildman–Crippen MR) is 61.7 cm³/mol. The molecule has 0 saturated heterocycles. The van der Waals surface area contributed by atoms with E-state index in [-0.39, 0.29) is 6.42 Å². The molecule has 0 aliphatic heterocycles. The van der Waals surface area contributed by atoms with Gasteiger partial charge in [-0.2, -0.15) is 5.26 Å². The van der Waals surface area contributed by atoms with Crippen LogP contribution in [-0.2, 0) is 4.79 Å². The van der Waals surface area contributed by atoms with Gasteiger partial charge in [-0.15, -0.1) is 0 Å². The number of hydrogen-bond donors (Lipinski definition) is 1.